The number of carbonyl (C=O) groups excluding carboxylic acids is 1. The maximum absolute atomic E-state index is 13.9. The van der Waals surface area contributed by atoms with Crippen molar-refractivity contribution in [3.05, 3.63) is 29.3 Å². The van der Waals surface area contributed by atoms with E-state index in [0.29, 0.717) is 13.1 Å². The van der Waals surface area contributed by atoms with Gasteiger partial charge in [-0.05, 0) is 25.0 Å². The van der Waals surface area contributed by atoms with Gasteiger partial charge in [0.05, 0.1) is 5.69 Å². The highest BCUT2D eigenvalue weighted by Crippen LogP contribution is 2.23. The Morgan fingerprint density at radius 2 is 1.85 bits per heavy atom. The molecule has 1 aliphatic rings. The van der Waals surface area contributed by atoms with Crippen molar-refractivity contribution >= 4 is 21.8 Å². The van der Waals surface area contributed by atoms with Crippen LogP contribution in [0.1, 0.15) is 23.2 Å². The van der Waals surface area contributed by atoms with Crippen LogP contribution in [-0.2, 0) is 10.2 Å². The third-order valence-electron chi connectivity index (χ3n) is 2.98. The van der Waals surface area contributed by atoms with Crippen LogP contribution in [0.2, 0.25) is 0 Å². The number of anilines is 1. The third kappa shape index (κ3) is 2.73. The predicted molar refractivity (Wildman–Crippen MR) is 68.2 cm³/mol. The van der Waals surface area contributed by atoms with Gasteiger partial charge in [-0.25, -0.2) is 8.78 Å². The Morgan fingerprint density at radius 3 is 2.40 bits per heavy atom. The molecule has 0 atom stereocenters. The van der Waals surface area contributed by atoms with Gasteiger partial charge < -0.3 is 5.73 Å². The van der Waals surface area contributed by atoms with Crippen molar-refractivity contribution < 1.29 is 22.0 Å². The molecule has 2 rings (SSSR count). The number of carbonyl (C=O) groups is 1. The fourth-order valence-electron chi connectivity index (χ4n) is 1.99. The van der Waals surface area contributed by atoms with Gasteiger partial charge in [0, 0.05) is 13.1 Å². The van der Waals surface area contributed by atoms with E-state index < -0.39 is 39.0 Å². The lowest BCUT2D eigenvalue weighted by Crippen LogP contribution is -2.33. The summed E-state index contributed by atoms with van der Waals surface area (Å²) < 4.78 is 54.3. The normalized spacial score (nSPS) is 16.3. The van der Waals surface area contributed by atoms with Crippen molar-refractivity contribution in [1.82, 2.24) is 4.31 Å². The highest BCUT2D eigenvalue weighted by atomic mass is 32.2. The van der Waals surface area contributed by atoms with Crippen molar-refractivity contribution in [3.8, 4) is 0 Å². The number of amides is 1. The fourth-order valence-corrected chi connectivity index (χ4v) is 3.29. The number of rotatable bonds is 4. The monoisotopic (exact) mass is 305 g/mol. The molecule has 3 N–H and O–H groups in total. The second-order valence-electron chi connectivity index (χ2n) is 4.36. The lowest BCUT2D eigenvalue weighted by Gasteiger charge is -2.17. The lowest BCUT2D eigenvalue weighted by molar-refractivity contribution is 0.0992. The zero-order valence-corrected chi connectivity index (χ0v) is 11.2. The molecule has 0 aliphatic carbocycles. The number of halogens is 2. The molecule has 0 spiro atoms. The summed E-state index contributed by atoms with van der Waals surface area (Å²) in [5, 5.41) is 0. The number of primary amides is 1. The first-order valence-corrected chi connectivity index (χ1v) is 7.32. The molecule has 0 saturated carbocycles. The Balaban J connectivity index is 2.35. The highest BCUT2D eigenvalue weighted by molar-refractivity contribution is 7.90. The Morgan fingerprint density at radius 1 is 1.25 bits per heavy atom. The van der Waals surface area contributed by atoms with Gasteiger partial charge in [0.1, 0.15) is 11.4 Å². The van der Waals surface area contributed by atoms with Crippen LogP contribution in [-0.4, -0.2) is 31.7 Å². The summed E-state index contributed by atoms with van der Waals surface area (Å²) in [5.74, 6) is -3.76. The molecule has 1 aliphatic heterocycles. The van der Waals surface area contributed by atoms with E-state index in [0.717, 1.165) is 29.3 Å². The maximum atomic E-state index is 13.9. The lowest BCUT2D eigenvalue weighted by atomic mass is 10.1. The van der Waals surface area contributed by atoms with Gasteiger partial charge in [0.25, 0.3) is 5.91 Å². The van der Waals surface area contributed by atoms with Crippen LogP contribution in [0.15, 0.2) is 12.1 Å². The quantitative estimate of drug-likeness (QED) is 0.862. The second-order valence-corrected chi connectivity index (χ2v) is 6.03. The summed E-state index contributed by atoms with van der Waals surface area (Å²) in [6.45, 7) is 0.668. The van der Waals surface area contributed by atoms with Gasteiger partial charge in [-0.1, -0.05) is 0 Å². The number of hydrogen-bond acceptors (Lipinski definition) is 3. The van der Waals surface area contributed by atoms with E-state index in [1.165, 1.54) is 0 Å². The molecule has 1 fully saturated rings. The van der Waals surface area contributed by atoms with Crippen molar-refractivity contribution in [2.24, 2.45) is 5.73 Å². The standard InChI is InChI=1S/C11H13F2N3O3S/c12-7-3-4-8(10(13)9(7)11(14)17)15-20(18,19)16-5-1-2-6-16/h3-4,15H,1-2,5-6H2,(H2,14,17). The van der Waals surface area contributed by atoms with E-state index in [4.69, 9.17) is 5.73 Å². The molecular weight excluding hydrogens is 292 g/mol. The zero-order valence-electron chi connectivity index (χ0n) is 10.4. The predicted octanol–water partition coefficient (Wildman–Crippen LogP) is 0.816. The van der Waals surface area contributed by atoms with Gasteiger partial charge in [-0.15, -0.1) is 0 Å². The first kappa shape index (κ1) is 14.7. The zero-order chi connectivity index (χ0) is 14.9. The molecule has 0 unspecified atom stereocenters. The molecule has 1 heterocycles. The van der Waals surface area contributed by atoms with Crippen LogP contribution in [0.4, 0.5) is 14.5 Å². The summed E-state index contributed by atoms with van der Waals surface area (Å²) in [6, 6.07) is 1.69. The van der Waals surface area contributed by atoms with Crippen LogP contribution in [0.5, 0.6) is 0 Å². The smallest absolute Gasteiger partial charge is 0.301 e. The summed E-state index contributed by atoms with van der Waals surface area (Å²) in [4.78, 5) is 11.0. The van der Waals surface area contributed by atoms with E-state index >= 15 is 0 Å². The highest BCUT2D eigenvalue weighted by Gasteiger charge is 2.27. The summed E-state index contributed by atoms with van der Waals surface area (Å²) >= 11 is 0. The van der Waals surface area contributed by atoms with Gasteiger partial charge in [0.2, 0.25) is 0 Å². The molecule has 1 aromatic rings. The molecule has 1 saturated heterocycles. The van der Waals surface area contributed by atoms with E-state index in [2.05, 4.69) is 0 Å². The molecule has 110 valence electrons. The van der Waals surface area contributed by atoms with Crippen molar-refractivity contribution in [2.75, 3.05) is 17.8 Å². The largest absolute Gasteiger partial charge is 0.365 e. The van der Waals surface area contributed by atoms with Crippen molar-refractivity contribution in [3.63, 3.8) is 0 Å². The third-order valence-corrected chi connectivity index (χ3v) is 4.50. The molecule has 1 amide bonds. The number of hydrogen-bond donors (Lipinski definition) is 2. The van der Waals surface area contributed by atoms with Gasteiger partial charge in [-0.2, -0.15) is 12.7 Å². The molecule has 0 bridgehead atoms. The Kier molecular flexibility index (Phi) is 3.91. The summed E-state index contributed by atoms with van der Waals surface area (Å²) in [5.41, 5.74) is 3.39. The molecule has 0 radical (unpaired) electrons. The summed E-state index contributed by atoms with van der Waals surface area (Å²) in [7, 11) is -3.92. The molecule has 20 heavy (non-hydrogen) atoms. The number of nitrogens with one attached hydrogen (secondary N) is 1. The minimum Gasteiger partial charge on any atom is -0.365 e. The SMILES string of the molecule is NC(=O)c1c(F)ccc(NS(=O)(=O)N2CCCC2)c1F. The summed E-state index contributed by atoms with van der Waals surface area (Å²) in [6.07, 6.45) is 1.44. The fraction of sp³-hybridized carbons (Fsp3) is 0.364. The number of benzene rings is 1. The van der Waals surface area contributed by atoms with E-state index in [1.54, 1.807) is 0 Å². The first-order chi connectivity index (χ1) is 9.33. The molecule has 1 aromatic carbocycles. The average Bonchev–Trinajstić information content (AvgIpc) is 2.87. The van der Waals surface area contributed by atoms with Gasteiger partial charge >= 0.3 is 10.2 Å². The number of nitrogens with two attached hydrogens (primary N) is 1. The minimum atomic E-state index is -3.92. The van der Waals surface area contributed by atoms with E-state index in [-0.39, 0.29) is 0 Å². The van der Waals surface area contributed by atoms with Gasteiger partial charge in [-0.3, -0.25) is 9.52 Å². The topological polar surface area (TPSA) is 92.5 Å². The van der Waals surface area contributed by atoms with E-state index in [9.17, 15) is 22.0 Å². The minimum absolute atomic E-state index is 0.334. The molecule has 0 aromatic heterocycles. The van der Waals surface area contributed by atoms with Gasteiger partial charge in [0.15, 0.2) is 5.82 Å². The van der Waals surface area contributed by atoms with Crippen LogP contribution in [0, 0.1) is 11.6 Å². The van der Waals surface area contributed by atoms with Crippen LogP contribution in [0.3, 0.4) is 0 Å². The van der Waals surface area contributed by atoms with Crippen molar-refractivity contribution in [2.45, 2.75) is 12.8 Å². The Labute approximate surface area is 114 Å². The van der Waals surface area contributed by atoms with Crippen LogP contribution in [0.25, 0.3) is 0 Å². The maximum Gasteiger partial charge on any atom is 0.301 e. The molecular formula is C11H13F2N3O3S. The molecule has 6 nitrogen and oxygen atoms in total. The second kappa shape index (κ2) is 5.33. The van der Waals surface area contributed by atoms with Crippen LogP contribution < -0.4 is 10.5 Å². The Hall–Kier alpha value is -1.74. The Bertz CT molecular complexity index is 643. The van der Waals surface area contributed by atoms with E-state index in [1.807, 2.05) is 4.72 Å². The number of nitrogens with zero attached hydrogens (tertiary/aromatic N) is 1. The average molecular weight is 305 g/mol. The van der Waals surface area contributed by atoms with Crippen molar-refractivity contribution in [1.29, 1.82) is 0 Å². The molecule has 9 heteroatoms. The first-order valence-electron chi connectivity index (χ1n) is 5.88. The van der Waals surface area contributed by atoms with Crippen LogP contribution >= 0.6 is 0 Å².